The molecule has 0 bridgehead atoms. The molecule has 32 heavy (non-hydrogen) atoms. The molecule has 1 amide bonds. The molecule has 1 fully saturated rings. The Labute approximate surface area is 202 Å². The molecule has 0 radical (unpaired) electrons. The van der Waals surface area contributed by atoms with Crippen LogP contribution < -0.4 is 0 Å². The van der Waals surface area contributed by atoms with Gasteiger partial charge in [-0.3, -0.25) is 4.79 Å². The summed E-state index contributed by atoms with van der Waals surface area (Å²) in [5.74, 6) is 0.710. The number of aromatic nitrogens is 4. The quantitative estimate of drug-likeness (QED) is 0.322. The van der Waals surface area contributed by atoms with E-state index in [1.807, 2.05) is 29.4 Å². The number of benzene rings is 2. The molecule has 5 rings (SSSR count). The number of imidazole rings is 1. The summed E-state index contributed by atoms with van der Waals surface area (Å²) in [6.45, 7) is 0.659. The Morgan fingerprint density at radius 1 is 1.28 bits per heavy atom. The van der Waals surface area contributed by atoms with Gasteiger partial charge < -0.3 is 9.88 Å². The number of halogens is 2. The smallest absolute Gasteiger partial charge is 0.258 e. The maximum Gasteiger partial charge on any atom is 0.258 e. The van der Waals surface area contributed by atoms with E-state index in [1.165, 1.54) is 11.2 Å². The van der Waals surface area contributed by atoms with Crippen molar-refractivity contribution in [3.63, 3.8) is 0 Å². The molecule has 1 saturated heterocycles. The fraction of sp³-hybridized carbons (Fsp3) is 0.217. The van der Waals surface area contributed by atoms with Gasteiger partial charge in [0.1, 0.15) is 12.2 Å². The highest BCUT2D eigenvalue weighted by molar-refractivity contribution is 9.10. The molecule has 1 aliphatic rings. The van der Waals surface area contributed by atoms with Crippen LogP contribution in [0.25, 0.3) is 22.3 Å². The minimum absolute atomic E-state index is 0.104. The molecular weight excluding hydrogens is 510 g/mol. The van der Waals surface area contributed by atoms with Crippen molar-refractivity contribution in [2.75, 3.05) is 12.8 Å². The molecule has 0 aliphatic carbocycles. The summed E-state index contributed by atoms with van der Waals surface area (Å²) in [6.07, 6.45) is 6.85. The molecule has 1 aliphatic heterocycles. The number of likely N-dealkylation sites (tertiary alicyclic amines) is 1. The van der Waals surface area contributed by atoms with Crippen LogP contribution in [0.2, 0.25) is 5.02 Å². The first kappa shape index (κ1) is 21.4. The Bertz CT molecular complexity index is 1330. The molecule has 162 valence electrons. The fourth-order valence-electron chi connectivity index (χ4n) is 4.10. The van der Waals surface area contributed by atoms with Gasteiger partial charge in [-0.15, -0.1) is 11.8 Å². The largest absolute Gasteiger partial charge is 0.340 e. The molecule has 1 atom stereocenters. The Kier molecular flexibility index (Phi) is 5.92. The van der Waals surface area contributed by atoms with Crippen molar-refractivity contribution < 1.29 is 4.79 Å². The first-order chi connectivity index (χ1) is 15.5. The second-order valence-electron chi connectivity index (χ2n) is 7.58. The first-order valence-corrected chi connectivity index (χ1v) is 12.5. The topological polar surface area (TPSA) is 74.8 Å². The first-order valence-electron chi connectivity index (χ1n) is 10.1. The van der Waals surface area contributed by atoms with Crippen molar-refractivity contribution in [2.24, 2.45) is 0 Å². The predicted octanol–water partition coefficient (Wildman–Crippen LogP) is 6.14. The summed E-state index contributed by atoms with van der Waals surface area (Å²) in [5, 5.41) is 0.561. The molecule has 1 unspecified atom stereocenters. The number of nitrogens with zero attached hydrogens (tertiary/aromatic N) is 4. The number of H-pyrrole nitrogens is 1. The van der Waals surface area contributed by atoms with Crippen LogP contribution in [0, 0.1) is 0 Å². The highest BCUT2D eigenvalue weighted by Gasteiger charge is 2.34. The number of nitrogens with one attached hydrogen (secondary N) is 1. The van der Waals surface area contributed by atoms with E-state index in [-0.39, 0.29) is 11.9 Å². The number of amides is 1. The van der Waals surface area contributed by atoms with Crippen LogP contribution in [-0.4, -0.2) is 43.5 Å². The van der Waals surface area contributed by atoms with Gasteiger partial charge in [-0.25, -0.2) is 15.0 Å². The van der Waals surface area contributed by atoms with Crippen LogP contribution in [0.3, 0.4) is 0 Å². The Morgan fingerprint density at radius 2 is 2.16 bits per heavy atom. The molecule has 1 N–H and O–H groups in total. The van der Waals surface area contributed by atoms with Crippen LogP contribution in [-0.2, 0) is 0 Å². The second-order valence-corrected chi connectivity index (χ2v) is 9.72. The zero-order valence-electron chi connectivity index (χ0n) is 17.2. The van der Waals surface area contributed by atoms with Crippen LogP contribution in [0.5, 0.6) is 0 Å². The summed E-state index contributed by atoms with van der Waals surface area (Å²) in [7, 11) is 0. The minimum Gasteiger partial charge on any atom is -0.340 e. The third-order valence-electron chi connectivity index (χ3n) is 5.67. The zero-order chi connectivity index (χ0) is 22.2. The molecule has 6 nitrogen and oxygen atoms in total. The van der Waals surface area contributed by atoms with E-state index in [0.717, 1.165) is 39.7 Å². The molecule has 0 saturated carbocycles. The van der Waals surface area contributed by atoms with E-state index in [9.17, 15) is 4.79 Å². The van der Waals surface area contributed by atoms with Crippen LogP contribution in [0.4, 0.5) is 0 Å². The van der Waals surface area contributed by atoms with Gasteiger partial charge in [0, 0.05) is 27.7 Å². The third kappa shape index (κ3) is 3.91. The molecule has 0 spiro atoms. The summed E-state index contributed by atoms with van der Waals surface area (Å²) >= 11 is 11.4. The van der Waals surface area contributed by atoms with Gasteiger partial charge in [-0.1, -0.05) is 17.7 Å². The summed E-state index contributed by atoms with van der Waals surface area (Å²) in [4.78, 5) is 33.5. The van der Waals surface area contributed by atoms with E-state index >= 15 is 0 Å². The van der Waals surface area contributed by atoms with Crippen molar-refractivity contribution in [3.05, 3.63) is 69.8 Å². The Hall–Kier alpha value is -2.42. The van der Waals surface area contributed by atoms with E-state index < -0.39 is 0 Å². The number of aromatic amines is 1. The van der Waals surface area contributed by atoms with Crippen molar-refractivity contribution >= 4 is 56.2 Å². The monoisotopic (exact) mass is 527 g/mol. The molecule has 2 aromatic heterocycles. The van der Waals surface area contributed by atoms with Crippen LogP contribution in [0.15, 0.2) is 58.3 Å². The lowest BCUT2D eigenvalue weighted by Crippen LogP contribution is -2.31. The average molecular weight is 529 g/mol. The molecular formula is C23H19BrClN5OS. The number of carbonyl (C=O) groups excluding carboxylic acids is 1. The minimum atomic E-state index is -0.116. The molecule has 3 heterocycles. The van der Waals surface area contributed by atoms with Crippen LogP contribution >= 0.6 is 39.3 Å². The number of hydrogen-bond donors (Lipinski definition) is 1. The Morgan fingerprint density at radius 3 is 2.97 bits per heavy atom. The summed E-state index contributed by atoms with van der Waals surface area (Å²) in [5.41, 5.74) is 3.69. The normalized spacial score (nSPS) is 16.1. The van der Waals surface area contributed by atoms with Gasteiger partial charge in [0.15, 0.2) is 0 Å². The summed E-state index contributed by atoms with van der Waals surface area (Å²) < 4.78 is 0.791. The lowest BCUT2D eigenvalue weighted by molar-refractivity contribution is 0.0730. The predicted molar refractivity (Wildman–Crippen MR) is 131 cm³/mol. The number of carbonyl (C=O) groups is 1. The van der Waals surface area contributed by atoms with Crippen molar-refractivity contribution in [3.8, 4) is 11.3 Å². The maximum absolute atomic E-state index is 13.7. The lowest BCUT2D eigenvalue weighted by atomic mass is 10.1. The zero-order valence-corrected chi connectivity index (χ0v) is 20.3. The van der Waals surface area contributed by atoms with E-state index in [2.05, 4.69) is 43.0 Å². The van der Waals surface area contributed by atoms with Crippen molar-refractivity contribution in [2.45, 2.75) is 23.8 Å². The van der Waals surface area contributed by atoms with Gasteiger partial charge in [0.2, 0.25) is 0 Å². The van der Waals surface area contributed by atoms with Gasteiger partial charge in [0.25, 0.3) is 5.91 Å². The Balaban J connectivity index is 1.50. The highest BCUT2D eigenvalue weighted by atomic mass is 79.9. The van der Waals surface area contributed by atoms with E-state index in [0.29, 0.717) is 22.8 Å². The number of hydrogen-bond acceptors (Lipinski definition) is 5. The lowest BCUT2D eigenvalue weighted by Gasteiger charge is -2.24. The van der Waals surface area contributed by atoms with E-state index in [4.69, 9.17) is 16.6 Å². The SMILES string of the molecule is CSc1ccc2nc(C3CCCN3C(=O)c3cncnc3-c3ccc(Br)c(Cl)c3)[nH]c2c1. The average Bonchev–Trinajstić information content (AvgIpc) is 3.46. The van der Waals surface area contributed by atoms with Crippen molar-refractivity contribution in [1.82, 2.24) is 24.8 Å². The van der Waals surface area contributed by atoms with Gasteiger partial charge in [0.05, 0.1) is 33.4 Å². The van der Waals surface area contributed by atoms with Gasteiger partial charge >= 0.3 is 0 Å². The second kappa shape index (κ2) is 8.84. The molecule has 9 heteroatoms. The summed E-state index contributed by atoms with van der Waals surface area (Å²) in [6, 6.07) is 11.6. The van der Waals surface area contributed by atoms with Gasteiger partial charge in [-0.2, -0.15) is 0 Å². The van der Waals surface area contributed by atoms with Crippen molar-refractivity contribution in [1.29, 1.82) is 0 Å². The fourth-order valence-corrected chi connectivity index (χ4v) is 4.97. The molecule has 4 aromatic rings. The van der Waals surface area contributed by atoms with E-state index in [1.54, 1.807) is 24.0 Å². The number of fused-ring (bicyclic) bond motifs is 1. The number of rotatable bonds is 4. The third-order valence-corrected chi connectivity index (χ3v) is 7.63. The van der Waals surface area contributed by atoms with Gasteiger partial charge in [-0.05, 0) is 65.4 Å². The highest BCUT2D eigenvalue weighted by Crippen LogP contribution is 2.35. The standard InChI is InChI=1S/C23H19BrClN5OS/c1-32-14-5-7-18-19(10-14)29-22(28-18)20-3-2-8-30(20)23(31)15-11-26-12-27-21(15)13-4-6-16(24)17(25)9-13/h4-7,9-12,20H,2-3,8H2,1H3,(H,28,29). The number of thioether (sulfide) groups is 1. The van der Waals surface area contributed by atoms with Crippen LogP contribution in [0.1, 0.15) is 35.1 Å². The molecule has 2 aromatic carbocycles. The maximum atomic E-state index is 13.7.